The zero-order chi connectivity index (χ0) is 7.35. The molecule has 0 aromatic heterocycles. The molecule has 0 unspecified atom stereocenters. The second-order valence-corrected chi connectivity index (χ2v) is 3.39. The first-order valence-corrected chi connectivity index (χ1v) is 3.74. The summed E-state index contributed by atoms with van der Waals surface area (Å²) in [6, 6.07) is 0. The molecule has 0 bridgehead atoms. The molecule has 2 fully saturated rings. The molecule has 3 atom stereocenters. The van der Waals surface area contributed by atoms with Gasteiger partial charge in [-0.3, -0.25) is 0 Å². The van der Waals surface area contributed by atoms with Gasteiger partial charge in [0.2, 0.25) is 0 Å². The lowest BCUT2D eigenvalue weighted by atomic mass is 10.1. The van der Waals surface area contributed by atoms with Gasteiger partial charge >= 0.3 is 0 Å². The van der Waals surface area contributed by atoms with Crippen molar-refractivity contribution in [2.24, 2.45) is 23.5 Å². The highest BCUT2D eigenvalue weighted by Crippen LogP contribution is 2.63. The third-order valence-electron chi connectivity index (χ3n) is 2.90. The van der Waals surface area contributed by atoms with Crippen molar-refractivity contribution >= 4 is 12.4 Å². The first-order chi connectivity index (χ1) is 4.67. The number of hydrogen-bond donors (Lipinski definition) is 1. The van der Waals surface area contributed by atoms with Crippen molar-refractivity contribution < 1.29 is 8.78 Å². The minimum absolute atomic E-state index is 0. The maximum Gasteiger partial charge on any atom is 0.251 e. The smallest absolute Gasteiger partial charge is 0.251 e. The molecular weight excluding hydrogens is 172 g/mol. The zero-order valence-corrected chi connectivity index (χ0v) is 6.91. The molecule has 0 radical (unpaired) electrons. The molecule has 0 aromatic rings. The number of hydrogen-bond acceptors (Lipinski definition) is 1. The van der Waals surface area contributed by atoms with Crippen LogP contribution in [0.15, 0.2) is 0 Å². The van der Waals surface area contributed by atoms with Gasteiger partial charge < -0.3 is 5.73 Å². The summed E-state index contributed by atoms with van der Waals surface area (Å²) in [5, 5.41) is 0. The minimum atomic E-state index is -2.38. The van der Waals surface area contributed by atoms with Gasteiger partial charge in [-0.25, -0.2) is 8.78 Å². The Balaban J connectivity index is 0.000000605. The second kappa shape index (κ2) is 2.56. The zero-order valence-electron chi connectivity index (χ0n) is 6.09. The maximum absolute atomic E-state index is 12.8. The van der Waals surface area contributed by atoms with Gasteiger partial charge in [-0.1, -0.05) is 0 Å². The van der Waals surface area contributed by atoms with Crippen molar-refractivity contribution in [3.63, 3.8) is 0 Å². The van der Waals surface area contributed by atoms with E-state index in [1.54, 1.807) is 0 Å². The molecule has 2 N–H and O–H groups in total. The van der Waals surface area contributed by atoms with Crippen LogP contribution in [0.1, 0.15) is 12.8 Å². The van der Waals surface area contributed by atoms with Crippen LogP contribution in [0.4, 0.5) is 8.78 Å². The number of alkyl halides is 2. The van der Waals surface area contributed by atoms with Gasteiger partial charge in [0.1, 0.15) is 0 Å². The molecule has 1 nitrogen and oxygen atoms in total. The Morgan fingerprint density at radius 1 is 1.45 bits per heavy atom. The van der Waals surface area contributed by atoms with E-state index in [1.165, 1.54) is 0 Å². The van der Waals surface area contributed by atoms with Crippen molar-refractivity contribution in [2.45, 2.75) is 18.8 Å². The maximum atomic E-state index is 12.8. The molecule has 2 rings (SSSR count). The van der Waals surface area contributed by atoms with E-state index in [0.717, 1.165) is 0 Å². The molecule has 0 aromatic carbocycles. The van der Waals surface area contributed by atoms with Crippen molar-refractivity contribution in [3.05, 3.63) is 0 Å². The molecule has 0 saturated heterocycles. The molecular formula is C7H12ClF2N. The van der Waals surface area contributed by atoms with Crippen molar-refractivity contribution in [3.8, 4) is 0 Å². The lowest BCUT2D eigenvalue weighted by molar-refractivity contribution is -0.0206. The Morgan fingerprint density at radius 3 is 2.36 bits per heavy atom. The van der Waals surface area contributed by atoms with Gasteiger partial charge in [-0.15, -0.1) is 12.4 Å². The molecule has 0 amide bonds. The van der Waals surface area contributed by atoms with Gasteiger partial charge in [0, 0.05) is 12.3 Å². The van der Waals surface area contributed by atoms with E-state index >= 15 is 0 Å². The predicted molar refractivity (Wildman–Crippen MR) is 41.0 cm³/mol. The van der Waals surface area contributed by atoms with Gasteiger partial charge in [-0.05, 0) is 24.8 Å². The van der Waals surface area contributed by atoms with E-state index < -0.39 is 5.92 Å². The van der Waals surface area contributed by atoms with Crippen LogP contribution >= 0.6 is 12.4 Å². The minimum Gasteiger partial charge on any atom is -0.330 e. The molecule has 2 aliphatic carbocycles. The van der Waals surface area contributed by atoms with Gasteiger partial charge in [0.05, 0.1) is 0 Å². The molecule has 2 aliphatic rings. The molecule has 0 spiro atoms. The first kappa shape index (κ1) is 9.20. The van der Waals surface area contributed by atoms with Crippen molar-refractivity contribution in [1.82, 2.24) is 0 Å². The number of fused-ring (bicyclic) bond motifs is 1. The average Bonchev–Trinajstić information content (AvgIpc) is 2.50. The van der Waals surface area contributed by atoms with Crippen LogP contribution in [-0.2, 0) is 0 Å². The molecule has 2 saturated carbocycles. The normalized spacial score (nSPS) is 44.5. The van der Waals surface area contributed by atoms with E-state index in [9.17, 15) is 8.78 Å². The Bertz CT molecular complexity index is 159. The van der Waals surface area contributed by atoms with Crippen molar-refractivity contribution in [1.29, 1.82) is 0 Å². The molecule has 11 heavy (non-hydrogen) atoms. The SMILES string of the molecule is Cl.NC[C@H]1[C@@H]2CCC(F)(F)[C@H]12. The summed E-state index contributed by atoms with van der Waals surface area (Å²) in [6.07, 6.45) is 0.790. The van der Waals surface area contributed by atoms with Crippen LogP contribution < -0.4 is 5.73 Å². The highest BCUT2D eigenvalue weighted by atomic mass is 35.5. The molecule has 4 heteroatoms. The summed E-state index contributed by atoms with van der Waals surface area (Å²) in [5.41, 5.74) is 5.31. The standard InChI is InChI=1S/C7H11F2N.ClH/c8-7(9)2-1-4-5(3-10)6(4)7;/h4-6H,1-3,10H2;1H/t4-,5-,6-;/m0./s1. The van der Waals surface area contributed by atoms with Crippen LogP contribution in [0.5, 0.6) is 0 Å². The number of rotatable bonds is 1. The Kier molecular flexibility index (Phi) is 2.14. The van der Waals surface area contributed by atoms with Crippen LogP contribution in [0.2, 0.25) is 0 Å². The summed E-state index contributed by atoms with van der Waals surface area (Å²) >= 11 is 0. The van der Waals surface area contributed by atoms with Crippen LogP contribution in [0, 0.1) is 17.8 Å². The first-order valence-electron chi connectivity index (χ1n) is 3.74. The fourth-order valence-electron chi connectivity index (χ4n) is 2.31. The lowest BCUT2D eigenvalue weighted by Crippen LogP contribution is -2.19. The molecule has 66 valence electrons. The quantitative estimate of drug-likeness (QED) is 0.658. The topological polar surface area (TPSA) is 26.0 Å². The monoisotopic (exact) mass is 183 g/mol. The highest BCUT2D eigenvalue weighted by Gasteiger charge is 2.66. The fraction of sp³-hybridized carbons (Fsp3) is 1.00. The van der Waals surface area contributed by atoms with Crippen LogP contribution in [-0.4, -0.2) is 12.5 Å². The van der Waals surface area contributed by atoms with E-state index in [1.807, 2.05) is 0 Å². The highest BCUT2D eigenvalue weighted by molar-refractivity contribution is 5.85. The summed E-state index contributed by atoms with van der Waals surface area (Å²) in [6.45, 7) is 0.449. The van der Waals surface area contributed by atoms with E-state index in [2.05, 4.69) is 0 Å². The third-order valence-corrected chi connectivity index (χ3v) is 2.90. The molecule has 0 heterocycles. The van der Waals surface area contributed by atoms with Crippen molar-refractivity contribution in [2.75, 3.05) is 6.54 Å². The van der Waals surface area contributed by atoms with Crippen LogP contribution in [0.25, 0.3) is 0 Å². The Labute approximate surface area is 70.7 Å². The summed E-state index contributed by atoms with van der Waals surface area (Å²) in [5.74, 6) is -2.32. The third kappa shape index (κ3) is 1.14. The largest absolute Gasteiger partial charge is 0.330 e. The lowest BCUT2D eigenvalue weighted by Gasteiger charge is -2.11. The predicted octanol–water partition coefficient (Wildman–Crippen LogP) is 1.66. The Hall–Kier alpha value is 0.110. The number of nitrogens with two attached hydrogens (primary N) is 1. The van der Waals surface area contributed by atoms with E-state index in [-0.39, 0.29) is 36.6 Å². The summed E-state index contributed by atoms with van der Waals surface area (Å²) in [7, 11) is 0. The van der Waals surface area contributed by atoms with Gasteiger partial charge in [-0.2, -0.15) is 0 Å². The van der Waals surface area contributed by atoms with Gasteiger partial charge in [0.15, 0.2) is 0 Å². The van der Waals surface area contributed by atoms with E-state index in [4.69, 9.17) is 5.73 Å². The summed E-state index contributed by atoms with van der Waals surface area (Å²) < 4.78 is 25.5. The Morgan fingerprint density at radius 2 is 2.09 bits per heavy atom. The molecule has 0 aliphatic heterocycles. The second-order valence-electron chi connectivity index (χ2n) is 3.39. The summed E-state index contributed by atoms with van der Waals surface area (Å²) in [4.78, 5) is 0. The number of halogens is 3. The van der Waals surface area contributed by atoms with E-state index in [0.29, 0.717) is 13.0 Å². The fourth-order valence-corrected chi connectivity index (χ4v) is 2.31. The van der Waals surface area contributed by atoms with Gasteiger partial charge in [0.25, 0.3) is 5.92 Å². The van der Waals surface area contributed by atoms with Crippen LogP contribution in [0.3, 0.4) is 0 Å². The average molecular weight is 184 g/mol.